The molecule has 0 aliphatic rings. The second-order valence-corrected chi connectivity index (χ2v) is 4.38. The maximum Gasteiger partial charge on any atom is 0.331 e. The monoisotopic (exact) mass is 273 g/mol. The minimum atomic E-state index is -1.09. The smallest absolute Gasteiger partial charge is 0.331 e. The number of thiophene rings is 1. The minimum absolute atomic E-state index is 0.182. The molecule has 1 rings (SSSR count). The van der Waals surface area contributed by atoms with Crippen LogP contribution in [0.5, 0.6) is 0 Å². The van der Waals surface area contributed by atoms with E-state index in [-0.39, 0.29) is 6.61 Å². The van der Waals surface area contributed by atoms with E-state index in [0.717, 1.165) is 0 Å². The summed E-state index contributed by atoms with van der Waals surface area (Å²) in [4.78, 5) is 23.1. The van der Waals surface area contributed by atoms with E-state index in [0.29, 0.717) is 18.1 Å². The first kappa shape index (κ1) is 14.6. The average molecular weight is 273 g/mol. The molecule has 6 nitrogen and oxygen atoms in total. The SMILES string of the molecule is COCCOCC(=O)NC(C(=O)O)c1cccs1. The number of carbonyl (C=O) groups is 2. The number of carboxylic acids is 1. The Morgan fingerprint density at radius 3 is 2.83 bits per heavy atom. The lowest BCUT2D eigenvalue weighted by Gasteiger charge is -2.12. The number of nitrogens with one attached hydrogen (secondary N) is 1. The van der Waals surface area contributed by atoms with Crippen LogP contribution in [0.15, 0.2) is 17.5 Å². The number of carboxylic acid groups (broad SMARTS) is 1. The summed E-state index contributed by atoms with van der Waals surface area (Å²) in [6, 6.07) is 2.37. The van der Waals surface area contributed by atoms with E-state index in [9.17, 15) is 9.59 Å². The molecule has 1 aromatic heterocycles. The van der Waals surface area contributed by atoms with Gasteiger partial charge in [-0.1, -0.05) is 6.07 Å². The quantitative estimate of drug-likeness (QED) is 0.679. The summed E-state index contributed by atoms with van der Waals surface area (Å²) in [5.74, 6) is -1.56. The highest BCUT2D eigenvalue weighted by Gasteiger charge is 2.22. The lowest BCUT2D eigenvalue weighted by molar-refractivity contribution is -0.142. The van der Waals surface area contributed by atoms with Crippen LogP contribution in [0.4, 0.5) is 0 Å². The second kappa shape index (κ2) is 7.80. The highest BCUT2D eigenvalue weighted by molar-refractivity contribution is 7.10. The van der Waals surface area contributed by atoms with Crippen molar-refractivity contribution < 1.29 is 24.2 Å². The van der Waals surface area contributed by atoms with Gasteiger partial charge in [-0.15, -0.1) is 11.3 Å². The molecule has 1 heterocycles. The maximum atomic E-state index is 11.5. The molecule has 0 bridgehead atoms. The fraction of sp³-hybridized carbons (Fsp3) is 0.455. The predicted octanol–water partition coefficient (Wildman–Crippen LogP) is 0.653. The van der Waals surface area contributed by atoms with Crippen LogP contribution in [0.25, 0.3) is 0 Å². The van der Waals surface area contributed by atoms with Gasteiger partial charge in [-0.2, -0.15) is 0 Å². The number of hydrogen-bond acceptors (Lipinski definition) is 5. The van der Waals surface area contributed by atoms with Gasteiger partial charge in [0, 0.05) is 12.0 Å². The third-order valence-electron chi connectivity index (χ3n) is 2.04. The van der Waals surface area contributed by atoms with Gasteiger partial charge in [-0.25, -0.2) is 4.79 Å². The lowest BCUT2D eigenvalue weighted by atomic mass is 10.2. The molecule has 0 aromatic carbocycles. The third kappa shape index (κ3) is 4.82. The Morgan fingerprint density at radius 2 is 2.28 bits per heavy atom. The first-order chi connectivity index (χ1) is 8.65. The zero-order valence-corrected chi connectivity index (χ0v) is 10.7. The van der Waals surface area contributed by atoms with Crippen molar-refractivity contribution in [1.82, 2.24) is 5.32 Å². The van der Waals surface area contributed by atoms with Gasteiger partial charge < -0.3 is 19.9 Å². The van der Waals surface area contributed by atoms with Crippen LogP contribution >= 0.6 is 11.3 Å². The summed E-state index contributed by atoms with van der Waals surface area (Å²) >= 11 is 1.28. The third-order valence-corrected chi connectivity index (χ3v) is 2.98. The van der Waals surface area contributed by atoms with Crippen LogP contribution in [0.2, 0.25) is 0 Å². The molecular weight excluding hydrogens is 258 g/mol. The standard InChI is InChI=1S/C11H15NO5S/c1-16-4-5-17-7-9(13)12-10(11(14)15)8-3-2-6-18-8/h2-3,6,10H,4-5,7H2,1H3,(H,12,13)(H,14,15). The Morgan fingerprint density at radius 1 is 1.50 bits per heavy atom. The summed E-state index contributed by atoms with van der Waals surface area (Å²) < 4.78 is 9.76. The Labute approximate surface area is 109 Å². The van der Waals surface area contributed by atoms with Crippen molar-refractivity contribution in [2.75, 3.05) is 26.9 Å². The van der Waals surface area contributed by atoms with Crippen LogP contribution in [-0.4, -0.2) is 43.9 Å². The van der Waals surface area contributed by atoms with Crippen molar-refractivity contribution in [3.8, 4) is 0 Å². The van der Waals surface area contributed by atoms with E-state index in [4.69, 9.17) is 14.6 Å². The van der Waals surface area contributed by atoms with Crippen molar-refractivity contribution >= 4 is 23.2 Å². The van der Waals surface area contributed by atoms with Crippen LogP contribution in [0.3, 0.4) is 0 Å². The molecule has 0 fully saturated rings. The predicted molar refractivity (Wildman–Crippen MR) is 65.5 cm³/mol. The Bertz CT molecular complexity index is 379. The second-order valence-electron chi connectivity index (χ2n) is 3.40. The largest absolute Gasteiger partial charge is 0.479 e. The molecule has 0 saturated carbocycles. The molecule has 0 saturated heterocycles. The summed E-state index contributed by atoms with van der Waals surface area (Å²) in [6.45, 7) is 0.500. The molecule has 0 aliphatic heterocycles. The van der Waals surface area contributed by atoms with E-state index in [1.165, 1.54) is 18.4 Å². The Hall–Kier alpha value is -1.44. The fourth-order valence-electron chi connectivity index (χ4n) is 1.22. The van der Waals surface area contributed by atoms with Crippen LogP contribution in [-0.2, 0) is 19.1 Å². The summed E-state index contributed by atoms with van der Waals surface area (Å²) in [5, 5.41) is 13.2. The van der Waals surface area contributed by atoms with E-state index < -0.39 is 17.9 Å². The molecule has 1 unspecified atom stereocenters. The molecule has 1 amide bonds. The van der Waals surface area contributed by atoms with Gasteiger partial charge in [0.1, 0.15) is 6.61 Å². The zero-order valence-electron chi connectivity index (χ0n) is 9.92. The van der Waals surface area contributed by atoms with Gasteiger partial charge in [0.25, 0.3) is 0 Å². The highest BCUT2D eigenvalue weighted by atomic mass is 32.1. The van der Waals surface area contributed by atoms with Gasteiger partial charge in [-0.05, 0) is 11.4 Å². The summed E-state index contributed by atoms with van der Waals surface area (Å²) in [5.41, 5.74) is 0. The first-order valence-electron chi connectivity index (χ1n) is 5.27. The summed E-state index contributed by atoms with van der Waals surface area (Å²) in [7, 11) is 1.53. The van der Waals surface area contributed by atoms with E-state index >= 15 is 0 Å². The minimum Gasteiger partial charge on any atom is -0.479 e. The molecule has 18 heavy (non-hydrogen) atoms. The van der Waals surface area contributed by atoms with Crippen molar-refractivity contribution in [2.45, 2.75) is 6.04 Å². The molecule has 2 N–H and O–H groups in total. The molecule has 1 aromatic rings. The van der Waals surface area contributed by atoms with Crippen LogP contribution in [0, 0.1) is 0 Å². The lowest BCUT2D eigenvalue weighted by Crippen LogP contribution is -2.35. The molecule has 0 spiro atoms. The maximum absolute atomic E-state index is 11.5. The number of methoxy groups -OCH3 is 1. The van der Waals surface area contributed by atoms with Crippen molar-refractivity contribution in [2.24, 2.45) is 0 Å². The fourth-order valence-corrected chi connectivity index (χ4v) is 1.99. The van der Waals surface area contributed by atoms with Crippen molar-refractivity contribution in [3.05, 3.63) is 22.4 Å². The van der Waals surface area contributed by atoms with Crippen molar-refractivity contribution in [1.29, 1.82) is 0 Å². The number of ether oxygens (including phenoxy) is 2. The Kier molecular flexibility index (Phi) is 6.34. The molecule has 7 heteroatoms. The van der Waals surface area contributed by atoms with Crippen LogP contribution in [0.1, 0.15) is 10.9 Å². The molecule has 0 aliphatic carbocycles. The van der Waals surface area contributed by atoms with Gasteiger partial charge in [0.2, 0.25) is 5.91 Å². The first-order valence-corrected chi connectivity index (χ1v) is 6.15. The number of carbonyl (C=O) groups excluding carboxylic acids is 1. The number of amides is 1. The molecule has 1 atom stereocenters. The van der Waals surface area contributed by atoms with Gasteiger partial charge >= 0.3 is 5.97 Å². The van der Waals surface area contributed by atoms with Crippen LogP contribution < -0.4 is 5.32 Å². The molecule has 100 valence electrons. The van der Waals surface area contributed by atoms with Gasteiger partial charge in [0.15, 0.2) is 6.04 Å². The normalized spacial score (nSPS) is 12.1. The zero-order chi connectivity index (χ0) is 13.4. The van der Waals surface area contributed by atoms with Crippen molar-refractivity contribution in [3.63, 3.8) is 0 Å². The summed E-state index contributed by atoms with van der Waals surface area (Å²) in [6.07, 6.45) is 0. The van der Waals surface area contributed by atoms with Gasteiger partial charge in [0.05, 0.1) is 13.2 Å². The molecular formula is C11H15NO5S. The number of rotatable bonds is 8. The number of hydrogen-bond donors (Lipinski definition) is 2. The number of aliphatic carboxylic acids is 1. The van der Waals surface area contributed by atoms with E-state index in [1.807, 2.05) is 0 Å². The average Bonchev–Trinajstić information content (AvgIpc) is 2.85. The molecule has 0 radical (unpaired) electrons. The topological polar surface area (TPSA) is 84.9 Å². The highest BCUT2D eigenvalue weighted by Crippen LogP contribution is 2.18. The Balaban J connectivity index is 2.42. The van der Waals surface area contributed by atoms with E-state index in [1.54, 1.807) is 17.5 Å². The van der Waals surface area contributed by atoms with E-state index in [2.05, 4.69) is 5.32 Å². The van der Waals surface area contributed by atoms with Gasteiger partial charge in [-0.3, -0.25) is 4.79 Å².